The predicted octanol–water partition coefficient (Wildman–Crippen LogP) is 4.17. The molecule has 0 aromatic heterocycles. The van der Waals surface area contributed by atoms with Crippen LogP contribution in [0.3, 0.4) is 0 Å². The van der Waals surface area contributed by atoms with Gasteiger partial charge in [0.05, 0.1) is 11.4 Å². The van der Waals surface area contributed by atoms with Crippen molar-refractivity contribution in [3.05, 3.63) is 12.3 Å². The number of oxime groups is 2. The molecule has 0 aliphatic heterocycles. The van der Waals surface area contributed by atoms with Crippen LogP contribution in [0.25, 0.3) is 0 Å². The number of hydrogen-bond donors (Lipinski definition) is 0. The minimum atomic E-state index is -2.52. The second kappa shape index (κ2) is 8.91. The van der Waals surface area contributed by atoms with E-state index in [9.17, 15) is 0 Å². The van der Waals surface area contributed by atoms with Crippen molar-refractivity contribution in [2.24, 2.45) is 10.3 Å². The zero-order valence-electron chi connectivity index (χ0n) is 12.3. The molecule has 0 rings (SSSR count). The lowest BCUT2D eigenvalue weighted by atomic mass is 10.2. The van der Waals surface area contributed by atoms with Crippen LogP contribution in [0, 0.1) is 0 Å². The second-order valence-electron chi connectivity index (χ2n) is 4.56. The Bertz CT molecular complexity index is 290. The maximum atomic E-state index is 5.50. The van der Waals surface area contributed by atoms with Crippen molar-refractivity contribution in [3.8, 4) is 0 Å². The topological polar surface area (TPSA) is 43.2 Å². The van der Waals surface area contributed by atoms with E-state index < -0.39 is 8.56 Å². The SMILES string of the molecule is C=C[Si](C)(ON=C(C)CCC)ON=C(C)CCC. The first-order valence-corrected chi connectivity index (χ1v) is 8.93. The van der Waals surface area contributed by atoms with Gasteiger partial charge in [0, 0.05) is 6.55 Å². The van der Waals surface area contributed by atoms with E-state index in [0.717, 1.165) is 37.1 Å². The van der Waals surface area contributed by atoms with E-state index in [1.54, 1.807) is 5.70 Å². The molecule has 0 unspecified atom stereocenters. The van der Waals surface area contributed by atoms with Gasteiger partial charge in [-0.05, 0) is 32.4 Å². The van der Waals surface area contributed by atoms with Gasteiger partial charge in [-0.25, -0.2) is 0 Å². The molecule has 0 spiro atoms. The summed E-state index contributed by atoms with van der Waals surface area (Å²) >= 11 is 0. The highest BCUT2D eigenvalue weighted by Gasteiger charge is 2.33. The summed E-state index contributed by atoms with van der Waals surface area (Å²) in [6.45, 7) is 13.8. The van der Waals surface area contributed by atoms with Gasteiger partial charge in [-0.3, -0.25) is 0 Å². The minimum absolute atomic E-state index is 0.930. The number of nitrogens with zero attached hydrogens (tertiary/aromatic N) is 2. The average molecular weight is 270 g/mol. The maximum Gasteiger partial charge on any atom is 0.531 e. The third-order valence-corrected chi connectivity index (χ3v) is 4.01. The lowest BCUT2D eigenvalue weighted by Gasteiger charge is -2.18. The van der Waals surface area contributed by atoms with E-state index in [0.29, 0.717) is 0 Å². The second-order valence-corrected chi connectivity index (χ2v) is 7.36. The molecule has 0 aliphatic carbocycles. The summed E-state index contributed by atoms with van der Waals surface area (Å²) in [6, 6.07) is 0. The summed E-state index contributed by atoms with van der Waals surface area (Å²) in [4.78, 5) is 0. The van der Waals surface area contributed by atoms with Gasteiger partial charge in [-0.1, -0.05) is 26.7 Å². The molecule has 0 N–H and O–H groups in total. The van der Waals surface area contributed by atoms with Crippen molar-refractivity contribution >= 4 is 20.0 Å². The van der Waals surface area contributed by atoms with E-state index in [-0.39, 0.29) is 0 Å². The quantitative estimate of drug-likeness (QED) is 0.358. The van der Waals surface area contributed by atoms with Crippen LogP contribution in [0.1, 0.15) is 53.4 Å². The van der Waals surface area contributed by atoms with Crippen LogP contribution in [0.5, 0.6) is 0 Å². The first-order chi connectivity index (χ1) is 8.47. The summed E-state index contributed by atoms with van der Waals surface area (Å²) in [5, 5.41) is 8.19. The van der Waals surface area contributed by atoms with Gasteiger partial charge < -0.3 is 9.05 Å². The summed E-state index contributed by atoms with van der Waals surface area (Å²) in [5.41, 5.74) is 3.63. The summed E-state index contributed by atoms with van der Waals surface area (Å²) in [6.07, 6.45) is 3.97. The van der Waals surface area contributed by atoms with Crippen LogP contribution in [-0.4, -0.2) is 20.0 Å². The molecule has 0 heterocycles. The standard InChI is InChI=1S/C13H26N2O2Si/c1-7-10-12(4)14-16-18(6,9-3)17-15-13(5)11-8-2/h9H,3,7-8,10-11H2,1-2,4-6H3. The Morgan fingerprint density at radius 2 is 1.44 bits per heavy atom. The lowest BCUT2D eigenvalue weighted by molar-refractivity contribution is 0.197. The molecule has 4 nitrogen and oxygen atoms in total. The third-order valence-electron chi connectivity index (χ3n) is 2.36. The summed E-state index contributed by atoms with van der Waals surface area (Å²) in [7, 11) is -2.52. The first-order valence-electron chi connectivity index (χ1n) is 6.54. The maximum absolute atomic E-state index is 5.50. The highest BCUT2D eigenvalue weighted by atomic mass is 28.4. The fraction of sp³-hybridized carbons (Fsp3) is 0.692. The van der Waals surface area contributed by atoms with Gasteiger partial charge >= 0.3 is 8.56 Å². The zero-order chi connectivity index (χ0) is 14.0. The van der Waals surface area contributed by atoms with Crippen LogP contribution >= 0.6 is 0 Å². The Kier molecular flexibility index (Phi) is 8.37. The molecule has 0 saturated heterocycles. The van der Waals surface area contributed by atoms with Crippen LogP contribution < -0.4 is 0 Å². The van der Waals surface area contributed by atoms with Crippen molar-refractivity contribution in [2.45, 2.75) is 59.9 Å². The van der Waals surface area contributed by atoms with Gasteiger partial charge in [0.25, 0.3) is 0 Å². The zero-order valence-corrected chi connectivity index (χ0v) is 13.3. The van der Waals surface area contributed by atoms with E-state index >= 15 is 0 Å². The molecule has 0 radical (unpaired) electrons. The molecular formula is C13H26N2O2Si. The van der Waals surface area contributed by atoms with Crippen molar-refractivity contribution in [1.29, 1.82) is 0 Å². The van der Waals surface area contributed by atoms with E-state index in [1.165, 1.54) is 0 Å². The van der Waals surface area contributed by atoms with E-state index in [1.807, 2.05) is 20.4 Å². The van der Waals surface area contributed by atoms with Crippen LogP contribution in [0.4, 0.5) is 0 Å². The molecular weight excluding hydrogens is 244 g/mol. The van der Waals surface area contributed by atoms with Gasteiger partial charge in [0.15, 0.2) is 0 Å². The minimum Gasteiger partial charge on any atom is -0.404 e. The Hall–Kier alpha value is -1.10. The lowest BCUT2D eigenvalue weighted by Crippen LogP contribution is -2.33. The van der Waals surface area contributed by atoms with E-state index in [4.69, 9.17) is 9.05 Å². The van der Waals surface area contributed by atoms with Crippen LogP contribution in [-0.2, 0) is 9.05 Å². The molecule has 5 heteroatoms. The molecule has 0 aromatic carbocycles. The smallest absolute Gasteiger partial charge is 0.404 e. The highest BCUT2D eigenvalue weighted by Crippen LogP contribution is 2.11. The molecule has 0 aliphatic rings. The number of hydrogen-bond acceptors (Lipinski definition) is 4. The molecule has 0 aromatic rings. The summed E-state index contributed by atoms with van der Waals surface area (Å²) < 4.78 is 11.0. The molecule has 0 saturated carbocycles. The monoisotopic (exact) mass is 270 g/mol. The Morgan fingerprint density at radius 3 is 1.72 bits per heavy atom. The molecule has 0 bridgehead atoms. The van der Waals surface area contributed by atoms with Crippen LogP contribution in [0.15, 0.2) is 22.6 Å². The summed E-state index contributed by atoms with van der Waals surface area (Å²) in [5.74, 6) is 0. The van der Waals surface area contributed by atoms with Crippen molar-refractivity contribution in [2.75, 3.05) is 0 Å². The van der Waals surface area contributed by atoms with Gasteiger partial charge in [0.2, 0.25) is 0 Å². The normalized spacial score (nSPS) is 16.1. The first kappa shape index (κ1) is 16.9. The van der Waals surface area contributed by atoms with E-state index in [2.05, 4.69) is 30.7 Å². The Balaban J connectivity index is 4.47. The molecule has 104 valence electrons. The van der Waals surface area contributed by atoms with Gasteiger partial charge in [0.1, 0.15) is 0 Å². The highest BCUT2D eigenvalue weighted by molar-refractivity contribution is 6.71. The molecule has 0 fully saturated rings. The van der Waals surface area contributed by atoms with Crippen molar-refractivity contribution in [3.63, 3.8) is 0 Å². The van der Waals surface area contributed by atoms with Gasteiger partial charge in [-0.2, -0.15) is 0 Å². The molecule has 0 amide bonds. The molecule has 18 heavy (non-hydrogen) atoms. The molecule has 0 atom stereocenters. The fourth-order valence-electron chi connectivity index (χ4n) is 1.24. The average Bonchev–Trinajstić information content (AvgIpc) is 2.35. The number of rotatable bonds is 9. The van der Waals surface area contributed by atoms with Crippen LogP contribution in [0.2, 0.25) is 6.55 Å². The Morgan fingerprint density at radius 1 is 1.06 bits per heavy atom. The third kappa shape index (κ3) is 7.27. The van der Waals surface area contributed by atoms with Crippen molar-refractivity contribution < 1.29 is 9.05 Å². The Labute approximate surface area is 112 Å². The largest absolute Gasteiger partial charge is 0.531 e. The van der Waals surface area contributed by atoms with Crippen molar-refractivity contribution in [1.82, 2.24) is 0 Å². The van der Waals surface area contributed by atoms with Gasteiger partial charge in [-0.15, -0.1) is 16.9 Å². The fourth-order valence-corrected chi connectivity index (χ4v) is 2.10. The predicted molar refractivity (Wildman–Crippen MR) is 80.0 cm³/mol.